The number of hydrogen-bond acceptors (Lipinski definition) is 4. The van der Waals surface area contributed by atoms with E-state index >= 15 is 0 Å². The van der Waals surface area contributed by atoms with E-state index in [0.717, 1.165) is 6.07 Å². The van der Waals surface area contributed by atoms with Crippen molar-refractivity contribution in [1.29, 1.82) is 0 Å². The summed E-state index contributed by atoms with van der Waals surface area (Å²) in [6.07, 6.45) is 0. The van der Waals surface area contributed by atoms with Gasteiger partial charge in [0, 0.05) is 18.2 Å². The molecule has 0 unspecified atom stereocenters. The van der Waals surface area contributed by atoms with Gasteiger partial charge in [0.05, 0.1) is 13.6 Å². The first-order chi connectivity index (χ1) is 8.15. The van der Waals surface area contributed by atoms with Crippen molar-refractivity contribution in [2.75, 3.05) is 0 Å². The van der Waals surface area contributed by atoms with E-state index < -0.39 is 11.6 Å². The van der Waals surface area contributed by atoms with Gasteiger partial charge < -0.3 is 5.32 Å². The van der Waals surface area contributed by atoms with Crippen molar-refractivity contribution >= 4 is 0 Å². The van der Waals surface area contributed by atoms with Crippen LogP contribution in [0.3, 0.4) is 0 Å². The molecule has 90 valence electrons. The van der Waals surface area contributed by atoms with Gasteiger partial charge >= 0.3 is 0 Å². The quantitative estimate of drug-likeness (QED) is 0.856. The molecule has 0 amide bonds. The van der Waals surface area contributed by atoms with Crippen LogP contribution in [-0.2, 0) is 20.1 Å². The van der Waals surface area contributed by atoms with Crippen LogP contribution in [-0.4, -0.2) is 20.2 Å². The predicted molar refractivity (Wildman–Crippen MR) is 55.7 cm³/mol. The van der Waals surface area contributed by atoms with Crippen molar-refractivity contribution in [2.45, 2.75) is 13.1 Å². The minimum absolute atomic E-state index is 0.282. The Morgan fingerprint density at radius 2 is 2.12 bits per heavy atom. The summed E-state index contributed by atoms with van der Waals surface area (Å²) in [5, 5.41) is 14.3. The van der Waals surface area contributed by atoms with Gasteiger partial charge in [-0.05, 0) is 11.3 Å². The third-order valence-electron chi connectivity index (χ3n) is 2.16. The number of rotatable bonds is 4. The van der Waals surface area contributed by atoms with E-state index in [1.807, 2.05) is 0 Å². The molecule has 0 aliphatic carbocycles. The van der Waals surface area contributed by atoms with Crippen molar-refractivity contribution in [3.05, 3.63) is 41.2 Å². The van der Waals surface area contributed by atoms with Gasteiger partial charge in [-0.2, -0.15) is 4.80 Å². The van der Waals surface area contributed by atoms with Crippen LogP contribution in [0.2, 0.25) is 0 Å². The molecule has 0 spiro atoms. The number of aromatic nitrogens is 4. The zero-order valence-electron chi connectivity index (χ0n) is 9.19. The molecule has 0 bridgehead atoms. The standard InChI is InChI=1S/C10H11F2N5/c1-17-15-10(14-16-17)6-13-5-7-2-3-8(11)4-9(7)12/h2-4,13H,5-6H2,1H3. The molecule has 5 nitrogen and oxygen atoms in total. The summed E-state index contributed by atoms with van der Waals surface area (Å²) in [6, 6.07) is 3.49. The Balaban J connectivity index is 1.90. The molecular formula is C10H11F2N5. The molecule has 7 heteroatoms. The molecule has 0 saturated heterocycles. The Kier molecular flexibility index (Phi) is 3.38. The van der Waals surface area contributed by atoms with Crippen LogP contribution in [0.25, 0.3) is 0 Å². The maximum Gasteiger partial charge on any atom is 0.188 e. The predicted octanol–water partition coefficient (Wildman–Crippen LogP) is 0.778. The van der Waals surface area contributed by atoms with Gasteiger partial charge in [0.1, 0.15) is 11.6 Å². The number of halogens is 2. The van der Waals surface area contributed by atoms with Crippen molar-refractivity contribution < 1.29 is 8.78 Å². The minimum atomic E-state index is -0.582. The topological polar surface area (TPSA) is 55.6 Å². The lowest BCUT2D eigenvalue weighted by atomic mass is 10.2. The fourth-order valence-corrected chi connectivity index (χ4v) is 1.37. The number of nitrogens with one attached hydrogen (secondary N) is 1. The van der Waals surface area contributed by atoms with E-state index in [0.29, 0.717) is 17.9 Å². The number of tetrazole rings is 1. The summed E-state index contributed by atoms with van der Waals surface area (Å²) in [4.78, 5) is 1.34. The summed E-state index contributed by atoms with van der Waals surface area (Å²) in [6.45, 7) is 0.662. The smallest absolute Gasteiger partial charge is 0.188 e. The summed E-state index contributed by atoms with van der Waals surface area (Å²) in [7, 11) is 1.66. The molecule has 0 fully saturated rings. The highest BCUT2D eigenvalue weighted by Crippen LogP contribution is 2.09. The van der Waals surface area contributed by atoms with E-state index in [2.05, 4.69) is 20.7 Å². The third kappa shape index (κ3) is 3.04. The summed E-state index contributed by atoms with van der Waals surface area (Å²) in [5.41, 5.74) is 0.398. The maximum atomic E-state index is 13.3. The Morgan fingerprint density at radius 1 is 1.29 bits per heavy atom. The van der Waals surface area contributed by atoms with E-state index in [-0.39, 0.29) is 6.54 Å². The summed E-state index contributed by atoms with van der Waals surface area (Å²) in [5.74, 6) is -0.624. The molecule has 0 radical (unpaired) electrons. The Labute approximate surface area is 96.4 Å². The van der Waals surface area contributed by atoms with Crippen molar-refractivity contribution in [2.24, 2.45) is 7.05 Å². The number of hydrogen-bond donors (Lipinski definition) is 1. The van der Waals surface area contributed by atoms with Crippen LogP contribution in [0.4, 0.5) is 8.78 Å². The van der Waals surface area contributed by atoms with E-state index in [1.165, 1.54) is 16.9 Å². The van der Waals surface area contributed by atoms with Gasteiger partial charge in [-0.1, -0.05) is 6.07 Å². The fourth-order valence-electron chi connectivity index (χ4n) is 1.37. The van der Waals surface area contributed by atoms with Crippen molar-refractivity contribution in [3.8, 4) is 0 Å². The highest BCUT2D eigenvalue weighted by molar-refractivity contribution is 5.18. The highest BCUT2D eigenvalue weighted by atomic mass is 19.1. The lowest BCUT2D eigenvalue weighted by Crippen LogP contribution is -2.15. The van der Waals surface area contributed by atoms with Gasteiger partial charge in [-0.15, -0.1) is 10.2 Å². The molecule has 2 aromatic rings. The molecule has 0 saturated carbocycles. The molecule has 0 atom stereocenters. The fraction of sp³-hybridized carbons (Fsp3) is 0.300. The first kappa shape index (κ1) is 11.6. The van der Waals surface area contributed by atoms with Crippen molar-refractivity contribution in [3.63, 3.8) is 0 Å². The lowest BCUT2D eigenvalue weighted by molar-refractivity contribution is 0.557. The normalized spacial score (nSPS) is 10.8. The van der Waals surface area contributed by atoms with Crippen LogP contribution in [0.5, 0.6) is 0 Å². The average molecular weight is 239 g/mol. The van der Waals surface area contributed by atoms with Crippen LogP contribution in [0, 0.1) is 11.6 Å². The van der Waals surface area contributed by atoms with Gasteiger partial charge in [0.2, 0.25) is 0 Å². The third-order valence-corrected chi connectivity index (χ3v) is 2.16. The molecule has 1 aromatic carbocycles. The highest BCUT2D eigenvalue weighted by Gasteiger charge is 2.04. The Morgan fingerprint density at radius 3 is 2.76 bits per heavy atom. The molecule has 1 aromatic heterocycles. The van der Waals surface area contributed by atoms with E-state index in [1.54, 1.807) is 7.05 Å². The Bertz CT molecular complexity index is 511. The molecule has 2 rings (SSSR count). The van der Waals surface area contributed by atoms with Gasteiger partial charge in [0.15, 0.2) is 5.82 Å². The summed E-state index contributed by atoms with van der Waals surface area (Å²) >= 11 is 0. The number of nitrogens with zero attached hydrogens (tertiary/aromatic N) is 4. The van der Waals surface area contributed by atoms with Gasteiger partial charge in [0.25, 0.3) is 0 Å². The maximum absolute atomic E-state index is 13.3. The average Bonchev–Trinajstić information content (AvgIpc) is 2.68. The van der Waals surface area contributed by atoms with Crippen molar-refractivity contribution in [1.82, 2.24) is 25.5 Å². The minimum Gasteiger partial charge on any atom is -0.305 e. The first-order valence-electron chi connectivity index (χ1n) is 5.02. The second-order valence-corrected chi connectivity index (χ2v) is 3.53. The van der Waals surface area contributed by atoms with Crippen LogP contribution in [0.15, 0.2) is 18.2 Å². The second-order valence-electron chi connectivity index (χ2n) is 3.53. The number of aryl methyl sites for hydroxylation is 1. The monoisotopic (exact) mass is 239 g/mol. The largest absolute Gasteiger partial charge is 0.305 e. The zero-order chi connectivity index (χ0) is 12.3. The van der Waals surface area contributed by atoms with E-state index in [4.69, 9.17) is 0 Å². The second kappa shape index (κ2) is 4.96. The van der Waals surface area contributed by atoms with Crippen LogP contribution < -0.4 is 5.32 Å². The van der Waals surface area contributed by atoms with Gasteiger partial charge in [-0.25, -0.2) is 8.78 Å². The Hall–Kier alpha value is -1.89. The molecule has 17 heavy (non-hydrogen) atoms. The van der Waals surface area contributed by atoms with Gasteiger partial charge in [-0.3, -0.25) is 0 Å². The van der Waals surface area contributed by atoms with E-state index in [9.17, 15) is 8.78 Å². The zero-order valence-corrected chi connectivity index (χ0v) is 9.19. The lowest BCUT2D eigenvalue weighted by Gasteiger charge is -2.03. The molecular weight excluding hydrogens is 228 g/mol. The first-order valence-corrected chi connectivity index (χ1v) is 5.02. The van der Waals surface area contributed by atoms with Crippen LogP contribution in [0.1, 0.15) is 11.4 Å². The molecule has 1 N–H and O–H groups in total. The SMILES string of the molecule is Cn1nnc(CNCc2ccc(F)cc2F)n1. The summed E-state index contributed by atoms with van der Waals surface area (Å²) < 4.78 is 25.9. The molecule has 1 heterocycles. The van der Waals surface area contributed by atoms with Crippen LogP contribution >= 0.6 is 0 Å². The molecule has 0 aliphatic heterocycles. The number of benzene rings is 1. The molecule has 0 aliphatic rings.